The Labute approximate surface area is 131 Å². The van der Waals surface area contributed by atoms with Crippen LogP contribution in [0.1, 0.15) is 68.9 Å². The third-order valence-corrected chi connectivity index (χ3v) is 6.08. The molecule has 2 radical (unpaired) electrons. The van der Waals surface area contributed by atoms with E-state index in [9.17, 15) is 0 Å². The lowest BCUT2D eigenvalue weighted by atomic mass is 9.50. The second-order valence-electron chi connectivity index (χ2n) is 8.26. The summed E-state index contributed by atoms with van der Waals surface area (Å²) >= 11 is 4.85. The van der Waals surface area contributed by atoms with Gasteiger partial charge in [0.2, 0.25) is 0 Å². The van der Waals surface area contributed by atoms with Gasteiger partial charge in [-0.25, -0.2) is 0 Å². The highest BCUT2D eigenvalue weighted by Crippen LogP contribution is 2.58. The maximum Gasteiger partial charge on any atom is 0.0818 e. The fraction of sp³-hybridized carbons (Fsp3) is 0.667. The Morgan fingerprint density at radius 3 is 1.90 bits per heavy atom. The molecule has 1 unspecified atom stereocenters. The molecule has 0 heterocycles. The summed E-state index contributed by atoms with van der Waals surface area (Å²) in [5.41, 5.74) is 6.83. The van der Waals surface area contributed by atoms with Crippen molar-refractivity contribution in [1.82, 2.24) is 0 Å². The van der Waals surface area contributed by atoms with Crippen molar-refractivity contribution in [2.45, 2.75) is 77.4 Å². The van der Waals surface area contributed by atoms with Gasteiger partial charge in [-0.1, -0.05) is 34.6 Å². The molecular weight excluding hydrogens is 259 g/mol. The highest BCUT2D eigenvalue weighted by molar-refractivity contribution is 7.80. The van der Waals surface area contributed by atoms with Gasteiger partial charge in [-0.15, -0.1) is 12.6 Å². The molecule has 0 spiro atoms. The molecule has 1 aromatic rings. The van der Waals surface area contributed by atoms with Crippen molar-refractivity contribution in [3.63, 3.8) is 0 Å². The molecule has 0 nitrogen and oxygen atoms in total. The molecule has 1 aromatic carbocycles. The van der Waals surface area contributed by atoms with E-state index in [4.69, 9.17) is 20.5 Å². The van der Waals surface area contributed by atoms with Gasteiger partial charge < -0.3 is 0 Å². The summed E-state index contributed by atoms with van der Waals surface area (Å²) in [6.07, 6.45) is 0.982. The molecule has 0 saturated heterocycles. The quantitative estimate of drug-likeness (QED) is 0.504. The summed E-state index contributed by atoms with van der Waals surface area (Å²) in [6, 6.07) is 0. The zero-order chi connectivity index (χ0) is 15.7. The van der Waals surface area contributed by atoms with Gasteiger partial charge in [-0.05, 0) is 71.2 Å². The van der Waals surface area contributed by atoms with Crippen LogP contribution in [-0.4, -0.2) is 7.85 Å². The van der Waals surface area contributed by atoms with E-state index in [2.05, 4.69) is 55.4 Å². The molecule has 1 aliphatic carbocycles. The van der Waals surface area contributed by atoms with E-state index in [1.807, 2.05) is 0 Å². The average Bonchev–Trinajstić information content (AvgIpc) is 2.50. The molecule has 1 atom stereocenters. The standard InChI is InChI=1S/C18H27BS/c1-10-11(2)13-14(15(20)12(10)3)17(7,8)9-18(13,19)16(4,5)6/h20H,9H2,1-8H3. The topological polar surface area (TPSA) is 0 Å². The van der Waals surface area contributed by atoms with Crippen molar-refractivity contribution in [2.75, 3.05) is 0 Å². The first-order valence-electron chi connectivity index (χ1n) is 7.47. The lowest BCUT2D eigenvalue weighted by molar-refractivity contribution is 0.246. The third-order valence-electron chi connectivity index (χ3n) is 5.52. The Morgan fingerprint density at radius 1 is 0.950 bits per heavy atom. The van der Waals surface area contributed by atoms with Crippen LogP contribution < -0.4 is 0 Å². The minimum absolute atomic E-state index is 0.0300. The van der Waals surface area contributed by atoms with E-state index < -0.39 is 0 Å². The van der Waals surface area contributed by atoms with E-state index in [0.717, 1.165) is 11.3 Å². The van der Waals surface area contributed by atoms with Gasteiger partial charge >= 0.3 is 0 Å². The summed E-state index contributed by atoms with van der Waals surface area (Å²) in [4.78, 5) is 1.14. The molecule has 2 heteroatoms. The van der Waals surface area contributed by atoms with Crippen LogP contribution in [0.3, 0.4) is 0 Å². The normalized spacial score (nSPS) is 24.9. The molecule has 20 heavy (non-hydrogen) atoms. The highest BCUT2D eigenvalue weighted by atomic mass is 32.1. The van der Waals surface area contributed by atoms with Crippen LogP contribution in [0.25, 0.3) is 0 Å². The second-order valence-corrected chi connectivity index (χ2v) is 8.70. The zero-order valence-corrected chi connectivity index (χ0v) is 15.1. The molecule has 0 saturated carbocycles. The maximum absolute atomic E-state index is 6.98. The van der Waals surface area contributed by atoms with Crippen molar-refractivity contribution < 1.29 is 0 Å². The SMILES string of the molecule is [B]C1(C(C)(C)C)CC(C)(C)c2c(S)c(C)c(C)c(C)c21. The third kappa shape index (κ3) is 1.90. The molecular formula is C18H27BS. The molecule has 0 amide bonds. The van der Waals surface area contributed by atoms with E-state index in [0.29, 0.717) is 0 Å². The van der Waals surface area contributed by atoms with Gasteiger partial charge in [0.1, 0.15) is 0 Å². The van der Waals surface area contributed by atoms with Crippen molar-refractivity contribution in [3.8, 4) is 0 Å². The molecule has 0 bridgehead atoms. The molecule has 2 rings (SSSR count). The number of fused-ring (bicyclic) bond motifs is 1. The maximum atomic E-state index is 6.98. The molecule has 0 N–H and O–H groups in total. The molecule has 108 valence electrons. The number of hydrogen-bond acceptors (Lipinski definition) is 1. The first-order chi connectivity index (χ1) is 8.84. The van der Waals surface area contributed by atoms with Gasteiger partial charge in [0.25, 0.3) is 0 Å². The average molecular weight is 286 g/mol. The first-order valence-corrected chi connectivity index (χ1v) is 7.92. The Morgan fingerprint density at radius 2 is 1.45 bits per heavy atom. The summed E-state index contributed by atoms with van der Waals surface area (Å²) in [7, 11) is 6.98. The lowest BCUT2D eigenvalue weighted by Crippen LogP contribution is -2.40. The minimum atomic E-state index is -0.286. The van der Waals surface area contributed by atoms with Crippen LogP contribution >= 0.6 is 12.6 Å². The van der Waals surface area contributed by atoms with Gasteiger partial charge in [0, 0.05) is 4.90 Å². The highest BCUT2D eigenvalue weighted by Gasteiger charge is 2.52. The largest absolute Gasteiger partial charge is 0.143 e. The van der Waals surface area contributed by atoms with Crippen LogP contribution in [0.4, 0.5) is 0 Å². The summed E-state index contributed by atoms with van der Waals surface area (Å²) in [6.45, 7) is 18.0. The predicted octanol–water partition coefficient (Wildman–Crippen LogP) is 4.99. The van der Waals surface area contributed by atoms with Crippen molar-refractivity contribution in [2.24, 2.45) is 5.41 Å². The number of benzene rings is 1. The van der Waals surface area contributed by atoms with Crippen molar-refractivity contribution >= 4 is 20.5 Å². The number of thiol groups is 1. The fourth-order valence-electron chi connectivity index (χ4n) is 3.87. The van der Waals surface area contributed by atoms with Crippen LogP contribution in [-0.2, 0) is 10.7 Å². The Balaban J connectivity index is 2.94. The molecule has 0 aliphatic heterocycles. The van der Waals surface area contributed by atoms with Crippen LogP contribution in [0.2, 0.25) is 0 Å². The monoisotopic (exact) mass is 286 g/mol. The van der Waals surface area contributed by atoms with Gasteiger partial charge in [-0.3, -0.25) is 0 Å². The molecule has 0 aromatic heterocycles. The van der Waals surface area contributed by atoms with E-state index in [1.165, 1.54) is 27.8 Å². The number of rotatable bonds is 0. The lowest BCUT2D eigenvalue weighted by Gasteiger charge is -2.42. The second kappa shape index (κ2) is 4.32. The van der Waals surface area contributed by atoms with Gasteiger partial charge in [0.05, 0.1) is 7.85 Å². The summed E-state index contributed by atoms with van der Waals surface area (Å²) < 4.78 is 0. The predicted molar refractivity (Wildman–Crippen MR) is 92.4 cm³/mol. The van der Waals surface area contributed by atoms with E-state index in [-0.39, 0.29) is 16.1 Å². The Kier molecular flexibility index (Phi) is 3.46. The van der Waals surface area contributed by atoms with Gasteiger partial charge in [0.15, 0.2) is 0 Å². The first kappa shape index (κ1) is 16.0. The minimum Gasteiger partial charge on any atom is -0.143 e. The summed E-state index contributed by atoms with van der Waals surface area (Å²) in [5, 5.41) is -0.286. The van der Waals surface area contributed by atoms with Crippen LogP contribution in [0.15, 0.2) is 4.90 Å². The van der Waals surface area contributed by atoms with Crippen molar-refractivity contribution in [1.29, 1.82) is 0 Å². The molecule has 1 aliphatic rings. The van der Waals surface area contributed by atoms with Crippen molar-refractivity contribution in [3.05, 3.63) is 27.8 Å². The summed E-state index contributed by atoms with van der Waals surface area (Å²) in [5.74, 6) is 0. The van der Waals surface area contributed by atoms with Crippen LogP contribution in [0, 0.1) is 26.2 Å². The van der Waals surface area contributed by atoms with Crippen LogP contribution in [0.5, 0.6) is 0 Å². The zero-order valence-electron chi connectivity index (χ0n) is 14.2. The Hall–Kier alpha value is -0.365. The van der Waals surface area contributed by atoms with E-state index in [1.54, 1.807) is 0 Å². The van der Waals surface area contributed by atoms with Gasteiger partial charge in [-0.2, -0.15) is 0 Å². The van der Waals surface area contributed by atoms with E-state index >= 15 is 0 Å². The fourth-order valence-corrected chi connectivity index (χ4v) is 4.45. The molecule has 0 fully saturated rings. The smallest absolute Gasteiger partial charge is 0.0818 e. The Bertz CT molecular complexity index is 578. The number of hydrogen-bond donors (Lipinski definition) is 1.